The summed E-state index contributed by atoms with van der Waals surface area (Å²) in [6.45, 7) is 3.77. The van der Waals surface area contributed by atoms with Gasteiger partial charge in [-0.25, -0.2) is 0 Å². The van der Waals surface area contributed by atoms with Gasteiger partial charge in [0.15, 0.2) is 17.5 Å². The predicted octanol–water partition coefficient (Wildman–Crippen LogP) is 3.91. The maximum absolute atomic E-state index is 12.9. The van der Waals surface area contributed by atoms with Crippen LogP contribution in [0.4, 0.5) is 5.69 Å². The van der Waals surface area contributed by atoms with Gasteiger partial charge >= 0.3 is 0 Å². The molecule has 0 spiro atoms. The zero-order valence-corrected chi connectivity index (χ0v) is 17.4. The third-order valence-electron chi connectivity index (χ3n) is 4.49. The zero-order chi connectivity index (χ0) is 21.0. The lowest BCUT2D eigenvalue weighted by molar-refractivity contribution is -0.120. The van der Waals surface area contributed by atoms with E-state index in [0.29, 0.717) is 34.5 Å². The number of carbonyl (C=O) groups excluding carboxylic acids is 1. The van der Waals surface area contributed by atoms with E-state index in [-0.39, 0.29) is 5.91 Å². The molecule has 152 valence electrons. The number of hydrogen-bond acceptors (Lipinski definition) is 6. The summed E-state index contributed by atoms with van der Waals surface area (Å²) < 4.78 is 10.6. The number of methoxy groups -OCH3 is 2. The van der Waals surface area contributed by atoms with Crippen molar-refractivity contribution in [3.63, 3.8) is 0 Å². The Balaban J connectivity index is 1.82. The van der Waals surface area contributed by atoms with Gasteiger partial charge in [-0.1, -0.05) is 18.5 Å². The molecule has 1 heterocycles. The SMILES string of the molecule is CCC(C(=O)Nc1cc(OC)c(OC)cc1C)n1nnc(-c2ccc(Cl)cc2)n1. The highest BCUT2D eigenvalue weighted by molar-refractivity contribution is 6.30. The average molecular weight is 416 g/mol. The molecule has 0 saturated carbocycles. The maximum atomic E-state index is 12.9. The highest BCUT2D eigenvalue weighted by atomic mass is 35.5. The van der Waals surface area contributed by atoms with Crippen molar-refractivity contribution in [3.05, 3.63) is 47.0 Å². The minimum absolute atomic E-state index is 0.247. The summed E-state index contributed by atoms with van der Waals surface area (Å²) in [5.74, 6) is 1.31. The van der Waals surface area contributed by atoms with E-state index in [2.05, 4.69) is 20.7 Å². The first-order chi connectivity index (χ1) is 14.0. The van der Waals surface area contributed by atoms with E-state index < -0.39 is 6.04 Å². The summed E-state index contributed by atoms with van der Waals surface area (Å²) in [5.41, 5.74) is 2.25. The molecule has 0 aliphatic heterocycles. The number of benzene rings is 2. The molecule has 3 aromatic rings. The number of nitrogens with zero attached hydrogens (tertiary/aromatic N) is 4. The Bertz CT molecular complexity index is 1000. The Hall–Kier alpha value is -3.13. The number of aryl methyl sites for hydroxylation is 1. The Kier molecular flexibility index (Phi) is 6.33. The second-order valence-corrected chi connectivity index (χ2v) is 6.81. The van der Waals surface area contributed by atoms with Gasteiger partial charge in [0.05, 0.1) is 14.2 Å². The van der Waals surface area contributed by atoms with Gasteiger partial charge in [-0.2, -0.15) is 4.80 Å². The fourth-order valence-corrected chi connectivity index (χ4v) is 2.98. The minimum Gasteiger partial charge on any atom is -0.493 e. The van der Waals surface area contributed by atoms with Crippen molar-refractivity contribution < 1.29 is 14.3 Å². The van der Waals surface area contributed by atoms with Gasteiger partial charge < -0.3 is 14.8 Å². The van der Waals surface area contributed by atoms with E-state index in [1.807, 2.05) is 19.9 Å². The van der Waals surface area contributed by atoms with Crippen LogP contribution in [-0.2, 0) is 4.79 Å². The summed E-state index contributed by atoms with van der Waals surface area (Å²) >= 11 is 5.92. The molecule has 0 bridgehead atoms. The van der Waals surface area contributed by atoms with Crippen molar-refractivity contribution in [2.45, 2.75) is 26.3 Å². The van der Waals surface area contributed by atoms with Gasteiger partial charge in [0.1, 0.15) is 0 Å². The normalized spacial score (nSPS) is 11.8. The lowest BCUT2D eigenvalue weighted by Gasteiger charge is -2.17. The third kappa shape index (κ3) is 4.48. The van der Waals surface area contributed by atoms with Crippen LogP contribution in [0.25, 0.3) is 11.4 Å². The summed E-state index contributed by atoms with van der Waals surface area (Å²) in [7, 11) is 3.11. The van der Waals surface area contributed by atoms with Crippen LogP contribution in [0.2, 0.25) is 5.02 Å². The first-order valence-electron chi connectivity index (χ1n) is 9.05. The van der Waals surface area contributed by atoms with Crippen molar-refractivity contribution in [1.29, 1.82) is 0 Å². The van der Waals surface area contributed by atoms with Crippen LogP contribution < -0.4 is 14.8 Å². The van der Waals surface area contributed by atoms with Crippen molar-refractivity contribution in [1.82, 2.24) is 20.2 Å². The lowest BCUT2D eigenvalue weighted by atomic mass is 10.1. The first kappa shape index (κ1) is 20.6. The van der Waals surface area contributed by atoms with Crippen molar-refractivity contribution >= 4 is 23.2 Å². The van der Waals surface area contributed by atoms with E-state index in [0.717, 1.165) is 11.1 Å². The Morgan fingerprint density at radius 2 is 1.83 bits per heavy atom. The molecule has 0 aliphatic rings. The van der Waals surface area contributed by atoms with Gasteiger partial charge in [0.25, 0.3) is 5.91 Å². The second kappa shape index (κ2) is 8.91. The number of carbonyl (C=O) groups is 1. The molecule has 3 rings (SSSR count). The number of tetrazole rings is 1. The molecule has 0 radical (unpaired) electrons. The van der Waals surface area contributed by atoms with Crippen LogP contribution in [0.1, 0.15) is 24.9 Å². The molecule has 0 aliphatic carbocycles. The maximum Gasteiger partial charge on any atom is 0.251 e. The number of hydrogen-bond donors (Lipinski definition) is 1. The molecule has 1 N–H and O–H groups in total. The van der Waals surface area contributed by atoms with Gasteiger partial charge in [0.2, 0.25) is 5.82 Å². The smallest absolute Gasteiger partial charge is 0.251 e. The number of aromatic nitrogens is 4. The molecule has 2 aromatic carbocycles. The molecule has 1 unspecified atom stereocenters. The molecule has 9 heteroatoms. The monoisotopic (exact) mass is 415 g/mol. The summed E-state index contributed by atoms with van der Waals surface area (Å²) in [4.78, 5) is 14.2. The Morgan fingerprint density at radius 3 is 2.45 bits per heavy atom. The van der Waals surface area contributed by atoms with Crippen LogP contribution in [-0.4, -0.2) is 40.3 Å². The Morgan fingerprint density at radius 1 is 1.17 bits per heavy atom. The minimum atomic E-state index is -0.615. The van der Waals surface area contributed by atoms with E-state index >= 15 is 0 Å². The van der Waals surface area contributed by atoms with Gasteiger partial charge in [0, 0.05) is 22.3 Å². The van der Waals surface area contributed by atoms with Gasteiger partial charge in [-0.3, -0.25) is 4.79 Å². The number of ether oxygens (including phenoxy) is 2. The van der Waals surface area contributed by atoms with Crippen molar-refractivity contribution in [2.75, 3.05) is 19.5 Å². The largest absolute Gasteiger partial charge is 0.493 e. The molecule has 8 nitrogen and oxygen atoms in total. The van der Waals surface area contributed by atoms with E-state index in [4.69, 9.17) is 21.1 Å². The quantitative estimate of drug-likeness (QED) is 0.629. The standard InChI is InChI=1S/C20H22ClN5O3/c1-5-16(26-24-19(23-25-26)13-6-8-14(21)9-7-13)20(27)22-15-11-18(29-4)17(28-3)10-12(15)2/h6-11,16H,5H2,1-4H3,(H,22,27). The van der Waals surface area contributed by atoms with Gasteiger partial charge in [-0.05, 0) is 54.5 Å². The van der Waals surface area contributed by atoms with Crippen LogP contribution in [0.5, 0.6) is 11.5 Å². The number of halogens is 1. The lowest BCUT2D eigenvalue weighted by Crippen LogP contribution is -2.27. The van der Waals surface area contributed by atoms with Gasteiger partial charge in [-0.15, -0.1) is 10.2 Å². The molecule has 1 aromatic heterocycles. The number of rotatable bonds is 7. The number of nitrogens with one attached hydrogen (secondary N) is 1. The Labute approximate surface area is 173 Å². The number of anilines is 1. The van der Waals surface area contributed by atoms with Crippen molar-refractivity contribution in [3.8, 4) is 22.9 Å². The predicted molar refractivity (Wildman–Crippen MR) is 111 cm³/mol. The van der Waals surface area contributed by atoms with E-state index in [1.165, 1.54) is 4.80 Å². The molecule has 0 fully saturated rings. The van der Waals surface area contributed by atoms with E-state index in [9.17, 15) is 4.79 Å². The second-order valence-electron chi connectivity index (χ2n) is 6.38. The topological polar surface area (TPSA) is 91.2 Å². The van der Waals surface area contributed by atoms with Crippen LogP contribution in [0.15, 0.2) is 36.4 Å². The van der Waals surface area contributed by atoms with E-state index in [1.54, 1.807) is 44.6 Å². The fourth-order valence-electron chi connectivity index (χ4n) is 2.86. The summed E-state index contributed by atoms with van der Waals surface area (Å²) in [5, 5.41) is 16.1. The van der Waals surface area contributed by atoms with Crippen LogP contribution in [0.3, 0.4) is 0 Å². The highest BCUT2D eigenvalue weighted by Gasteiger charge is 2.23. The molecule has 1 amide bonds. The molecule has 29 heavy (non-hydrogen) atoms. The number of amides is 1. The molecular formula is C20H22ClN5O3. The molecular weight excluding hydrogens is 394 g/mol. The third-order valence-corrected chi connectivity index (χ3v) is 4.74. The zero-order valence-electron chi connectivity index (χ0n) is 16.6. The average Bonchev–Trinajstić information content (AvgIpc) is 3.20. The van der Waals surface area contributed by atoms with Crippen LogP contribution >= 0.6 is 11.6 Å². The summed E-state index contributed by atoms with van der Waals surface area (Å²) in [6, 6.07) is 10.0. The highest BCUT2D eigenvalue weighted by Crippen LogP contribution is 2.33. The first-order valence-corrected chi connectivity index (χ1v) is 9.43. The van der Waals surface area contributed by atoms with Crippen molar-refractivity contribution in [2.24, 2.45) is 0 Å². The molecule has 0 saturated heterocycles. The fraction of sp³-hybridized carbons (Fsp3) is 0.300. The van der Waals surface area contributed by atoms with Crippen LogP contribution in [0, 0.1) is 6.92 Å². The molecule has 1 atom stereocenters. The summed E-state index contributed by atoms with van der Waals surface area (Å²) in [6.07, 6.45) is 0.495.